The number of hydrogen-bond acceptors (Lipinski definition) is 2. The molecule has 11 heavy (non-hydrogen) atoms. The zero-order valence-electron chi connectivity index (χ0n) is 6.63. The summed E-state index contributed by atoms with van der Waals surface area (Å²) in [6.45, 7) is 3.57. The molecule has 1 aliphatic heterocycles. The second-order valence-electron chi connectivity index (χ2n) is 2.47. The Balaban J connectivity index is 2.67. The fourth-order valence-corrected chi connectivity index (χ4v) is 1.29. The van der Waals surface area contributed by atoms with E-state index in [0.29, 0.717) is 6.54 Å². The molecule has 1 unspecified atom stereocenters. The first-order chi connectivity index (χ1) is 5.27. The largest absolute Gasteiger partial charge is 0.358 e. The number of rotatable bonds is 2. The lowest BCUT2D eigenvalue weighted by Crippen LogP contribution is -2.27. The summed E-state index contributed by atoms with van der Waals surface area (Å²) < 4.78 is 0. The lowest BCUT2D eigenvalue weighted by atomic mass is 10.2. The fraction of sp³-hybridized carbons (Fsp3) is 0.500. The van der Waals surface area contributed by atoms with Gasteiger partial charge in [-0.2, -0.15) is 0 Å². The van der Waals surface area contributed by atoms with Crippen molar-refractivity contribution in [3.8, 4) is 0 Å². The zero-order chi connectivity index (χ0) is 8.27. The summed E-state index contributed by atoms with van der Waals surface area (Å²) in [6.07, 6.45) is 5.94. The molecule has 0 fully saturated rings. The molecule has 0 aromatic carbocycles. The van der Waals surface area contributed by atoms with Crippen molar-refractivity contribution >= 4 is 11.6 Å². The molecule has 0 saturated carbocycles. The van der Waals surface area contributed by atoms with Crippen LogP contribution in [0.1, 0.15) is 6.92 Å². The molecule has 2 N–H and O–H groups in total. The maximum Gasteiger partial charge on any atom is 0.122 e. The van der Waals surface area contributed by atoms with Gasteiger partial charge in [0.25, 0.3) is 0 Å². The molecule has 0 aliphatic carbocycles. The highest BCUT2D eigenvalue weighted by molar-refractivity contribution is 6.21. The van der Waals surface area contributed by atoms with E-state index in [0.717, 1.165) is 12.1 Å². The molecular formula is C8H13ClN2. The van der Waals surface area contributed by atoms with Crippen molar-refractivity contribution < 1.29 is 0 Å². The SMILES string of the molecule is CCN1C=C(CN)C=CC1Cl. The maximum absolute atomic E-state index is 5.96. The van der Waals surface area contributed by atoms with Crippen LogP contribution >= 0.6 is 11.6 Å². The van der Waals surface area contributed by atoms with Gasteiger partial charge in [-0.3, -0.25) is 0 Å². The van der Waals surface area contributed by atoms with Gasteiger partial charge in [-0.1, -0.05) is 17.7 Å². The van der Waals surface area contributed by atoms with Gasteiger partial charge < -0.3 is 10.6 Å². The number of hydrogen-bond donors (Lipinski definition) is 1. The predicted octanol–water partition coefficient (Wildman–Crippen LogP) is 1.29. The molecule has 2 nitrogen and oxygen atoms in total. The number of nitrogens with zero attached hydrogens (tertiary/aromatic N) is 1. The molecule has 0 aromatic rings. The van der Waals surface area contributed by atoms with Crippen LogP contribution in [0, 0.1) is 0 Å². The van der Waals surface area contributed by atoms with Gasteiger partial charge in [0.2, 0.25) is 0 Å². The normalized spacial score (nSPS) is 23.7. The number of alkyl halides is 1. The minimum Gasteiger partial charge on any atom is -0.358 e. The van der Waals surface area contributed by atoms with E-state index in [1.807, 2.05) is 23.3 Å². The summed E-state index contributed by atoms with van der Waals surface area (Å²) in [4.78, 5) is 2.05. The van der Waals surface area contributed by atoms with Gasteiger partial charge >= 0.3 is 0 Å². The third-order valence-electron chi connectivity index (χ3n) is 1.72. The number of nitrogens with two attached hydrogens (primary N) is 1. The zero-order valence-corrected chi connectivity index (χ0v) is 7.38. The van der Waals surface area contributed by atoms with E-state index in [1.54, 1.807) is 0 Å². The average molecular weight is 173 g/mol. The minimum atomic E-state index is -0.00435. The summed E-state index contributed by atoms with van der Waals surface area (Å²) >= 11 is 5.96. The molecule has 0 bridgehead atoms. The molecule has 1 heterocycles. The van der Waals surface area contributed by atoms with Crippen LogP contribution in [0.25, 0.3) is 0 Å². The van der Waals surface area contributed by atoms with Gasteiger partial charge in [-0.25, -0.2) is 0 Å². The average Bonchev–Trinajstić information content (AvgIpc) is 2.05. The van der Waals surface area contributed by atoms with Crippen molar-refractivity contribution in [2.75, 3.05) is 13.1 Å². The Bertz CT molecular complexity index is 187. The van der Waals surface area contributed by atoms with Crippen LogP contribution in [0.15, 0.2) is 23.9 Å². The van der Waals surface area contributed by atoms with Crippen LogP contribution in [0.3, 0.4) is 0 Å². The van der Waals surface area contributed by atoms with E-state index in [9.17, 15) is 0 Å². The molecule has 0 amide bonds. The molecule has 1 aliphatic rings. The highest BCUT2D eigenvalue weighted by Crippen LogP contribution is 2.15. The van der Waals surface area contributed by atoms with Crippen molar-refractivity contribution in [2.45, 2.75) is 12.4 Å². The summed E-state index contributed by atoms with van der Waals surface area (Å²) in [7, 11) is 0. The predicted molar refractivity (Wildman–Crippen MR) is 48.3 cm³/mol. The van der Waals surface area contributed by atoms with Gasteiger partial charge in [-0.15, -0.1) is 0 Å². The van der Waals surface area contributed by atoms with E-state index in [-0.39, 0.29) is 5.50 Å². The van der Waals surface area contributed by atoms with Gasteiger partial charge in [-0.05, 0) is 18.6 Å². The smallest absolute Gasteiger partial charge is 0.122 e. The first-order valence-electron chi connectivity index (χ1n) is 3.76. The van der Waals surface area contributed by atoms with E-state index in [1.165, 1.54) is 0 Å². The monoisotopic (exact) mass is 172 g/mol. The van der Waals surface area contributed by atoms with Crippen molar-refractivity contribution in [1.29, 1.82) is 0 Å². The van der Waals surface area contributed by atoms with Crippen molar-refractivity contribution in [3.63, 3.8) is 0 Å². The highest BCUT2D eigenvalue weighted by Gasteiger charge is 2.10. The van der Waals surface area contributed by atoms with Crippen molar-refractivity contribution in [2.24, 2.45) is 5.73 Å². The van der Waals surface area contributed by atoms with Crippen LogP contribution in [-0.2, 0) is 0 Å². The molecule has 0 saturated heterocycles. The minimum absolute atomic E-state index is 0.00435. The first-order valence-corrected chi connectivity index (χ1v) is 4.20. The fourth-order valence-electron chi connectivity index (χ4n) is 1.03. The molecule has 1 atom stereocenters. The van der Waals surface area contributed by atoms with Crippen LogP contribution in [-0.4, -0.2) is 23.5 Å². The highest BCUT2D eigenvalue weighted by atomic mass is 35.5. The Morgan fingerprint density at radius 2 is 2.45 bits per heavy atom. The van der Waals surface area contributed by atoms with E-state index < -0.39 is 0 Å². The molecule has 0 spiro atoms. The van der Waals surface area contributed by atoms with Gasteiger partial charge in [0.05, 0.1) is 0 Å². The Labute approximate surface area is 72.3 Å². The number of halogens is 1. The van der Waals surface area contributed by atoms with E-state index in [4.69, 9.17) is 17.3 Å². The lowest BCUT2D eigenvalue weighted by Gasteiger charge is -2.26. The summed E-state index contributed by atoms with van der Waals surface area (Å²) in [6, 6.07) is 0. The lowest BCUT2D eigenvalue weighted by molar-refractivity contribution is 0.399. The third kappa shape index (κ3) is 1.98. The van der Waals surface area contributed by atoms with Gasteiger partial charge in [0, 0.05) is 19.3 Å². The summed E-state index contributed by atoms with van der Waals surface area (Å²) in [5.41, 5.74) is 6.60. The number of likely N-dealkylation sites (N-methyl/N-ethyl adjacent to an activating group) is 1. The Morgan fingerprint density at radius 1 is 1.73 bits per heavy atom. The molecule has 1 rings (SSSR count). The third-order valence-corrected chi connectivity index (χ3v) is 2.11. The second-order valence-corrected chi connectivity index (χ2v) is 2.92. The standard InChI is InChI=1S/C8H13ClN2/c1-2-11-6-7(5-10)3-4-8(11)9/h3-4,6,8H,2,5,10H2,1H3. The topological polar surface area (TPSA) is 29.3 Å². The molecular weight excluding hydrogens is 160 g/mol. The quantitative estimate of drug-likeness (QED) is 0.503. The van der Waals surface area contributed by atoms with Crippen LogP contribution in [0.4, 0.5) is 0 Å². The van der Waals surface area contributed by atoms with E-state index in [2.05, 4.69) is 6.92 Å². The first kappa shape index (κ1) is 8.62. The summed E-state index contributed by atoms with van der Waals surface area (Å²) in [5, 5.41) is 0. The Kier molecular flexibility index (Phi) is 2.97. The van der Waals surface area contributed by atoms with Gasteiger partial charge in [0.15, 0.2) is 0 Å². The van der Waals surface area contributed by atoms with Crippen LogP contribution in [0.5, 0.6) is 0 Å². The van der Waals surface area contributed by atoms with Gasteiger partial charge in [0.1, 0.15) is 5.50 Å². The van der Waals surface area contributed by atoms with E-state index >= 15 is 0 Å². The van der Waals surface area contributed by atoms with Crippen molar-refractivity contribution in [1.82, 2.24) is 4.90 Å². The van der Waals surface area contributed by atoms with Crippen LogP contribution in [0.2, 0.25) is 0 Å². The maximum atomic E-state index is 5.96. The Hall–Kier alpha value is -0.470. The van der Waals surface area contributed by atoms with Crippen molar-refractivity contribution in [3.05, 3.63) is 23.9 Å². The molecule has 3 heteroatoms. The summed E-state index contributed by atoms with van der Waals surface area (Å²) in [5.74, 6) is 0. The Morgan fingerprint density at radius 3 is 3.00 bits per heavy atom. The second kappa shape index (κ2) is 3.79. The molecule has 62 valence electrons. The van der Waals surface area contributed by atoms with Crippen LogP contribution < -0.4 is 5.73 Å². The molecule has 0 aromatic heterocycles. The molecule has 0 radical (unpaired) electrons.